The van der Waals surface area contributed by atoms with E-state index in [2.05, 4.69) is 4.98 Å². The van der Waals surface area contributed by atoms with Crippen molar-refractivity contribution in [2.45, 2.75) is 13.0 Å². The van der Waals surface area contributed by atoms with E-state index in [0.717, 1.165) is 17.0 Å². The summed E-state index contributed by atoms with van der Waals surface area (Å²) in [7, 11) is 3.82. The van der Waals surface area contributed by atoms with Gasteiger partial charge in [0.05, 0.1) is 28.4 Å². The summed E-state index contributed by atoms with van der Waals surface area (Å²) in [6, 6.07) is 17.3. The van der Waals surface area contributed by atoms with Gasteiger partial charge in [0, 0.05) is 25.3 Å². The summed E-state index contributed by atoms with van der Waals surface area (Å²) < 4.78 is 19.8. The number of ketones is 1. The summed E-state index contributed by atoms with van der Waals surface area (Å²) in [6.45, 7) is 2.36. The zero-order valence-corrected chi connectivity index (χ0v) is 21.3. The minimum atomic E-state index is -0.923. The number of hydrogen-bond acceptors (Lipinski definition) is 7. The van der Waals surface area contributed by atoms with Crippen molar-refractivity contribution >= 4 is 49.8 Å². The van der Waals surface area contributed by atoms with Gasteiger partial charge in [-0.05, 0) is 67.1 Å². The van der Waals surface area contributed by atoms with Crippen LogP contribution in [-0.4, -0.2) is 42.5 Å². The first-order valence-electron chi connectivity index (χ1n) is 11.7. The fourth-order valence-corrected chi connectivity index (χ4v) is 5.34. The number of halogens is 1. The maximum absolute atomic E-state index is 13.8. The lowest BCUT2D eigenvalue weighted by Crippen LogP contribution is -2.29. The monoisotopic (exact) mass is 517 g/mol. The first kappa shape index (κ1) is 24.5. The second kappa shape index (κ2) is 9.67. The Hall–Kier alpha value is -4.24. The number of anilines is 2. The molecular formula is C28H24FN3O4S. The van der Waals surface area contributed by atoms with Gasteiger partial charge in [-0.15, -0.1) is 0 Å². The number of aliphatic hydroxyl groups excluding tert-OH is 1. The normalized spacial score (nSPS) is 17.0. The van der Waals surface area contributed by atoms with Crippen LogP contribution in [0.3, 0.4) is 0 Å². The van der Waals surface area contributed by atoms with E-state index in [9.17, 15) is 19.1 Å². The van der Waals surface area contributed by atoms with Crippen molar-refractivity contribution in [3.05, 3.63) is 89.2 Å². The molecule has 0 saturated carbocycles. The van der Waals surface area contributed by atoms with Gasteiger partial charge < -0.3 is 14.7 Å². The van der Waals surface area contributed by atoms with Gasteiger partial charge >= 0.3 is 5.91 Å². The fourth-order valence-electron chi connectivity index (χ4n) is 4.32. The van der Waals surface area contributed by atoms with Gasteiger partial charge in [-0.3, -0.25) is 14.5 Å². The van der Waals surface area contributed by atoms with Crippen molar-refractivity contribution in [1.29, 1.82) is 0 Å². The average molecular weight is 518 g/mol. The van der Waals surface area contributed by atoms with Gasteiger partial charge in [0.25, 0.3) is 5.78 Å². The Labute approximate surface area is 217 Å². The van der Waals surface area contributed by atoms with Crippen LogP contribution in [0.5, 0.6) is 5.75 Å². The predicted molar refractivity (Wildman–Crippen MR) is 143 cm³/mol. The Morgan fingerprint density at radius 1 is 1.08 bits per heavy atom. The van der Waals surface area contributed by atoms with Crippen molar-refractivity contribution in [2.24, 2.45) is 0 Å². The molecule has 1 fully saturated rings. The lowest BCUT2D eigenvalue weighted by atomic mass is 9.95. The number of aromatic nitrogens is 1. The molecule has 1 aromatic heterocycles. The number of benzene rings is 3. The maximum Gasteiger partial charge on any atom is 0.301 e. The third kappa shape index (κ3) is 4.42. The van der Waals surface area contributed by atoms with Crippen molar-refractivity contribution < 1.29 is 23.8 Å². The number of carbonyl (C=O) groups is 2. The number of thiazole rings is 1. The molecule has 2 heterocycles. The summed E-state index contributed by atoms with van der Waals surface area (Å²) in [6.07, 6.45) is 0. The van der Waals surface area contributed by atoms with E-state index in [-0.39, 0.29) is 16.5 Å². The molecule has 37 heavy (non-hydrogen) atoms. The van der Waals surface area contributed by atoms with Crippen LogP contribution in [0.15, 0.2) is 72.3 Å². The van der Waals surface area contributed by atoms with Crippen molar-refractivity contribution in [3.8, 4) is 5.75 Å². The van der Waals surface area contributed by atoms with Gasteiger partial charge in [0.15, 0.2) is 5.13 Å². The number of aliphatic hydroxyl groups is 1. The minimum absolute atomic E-state index is 0.0443. The lowest BCUT2D eigenvalue weighted by Gasteiger charge is -2.23. The molecule has 1 atom stereocenters. The quantitative estimate of drug-likeness (QED) is 0.206. The van der Waals surface area contributed by atoms with Crippen molar-refractivity contribution in [3.63, 3.8) is 0 Å². The highest BCUT2D eigenvalue weighted by Crippen LogP contribution is 2.44. The van der Waals surface area contributed by atoms with Crippen LogP contribution >= 0.6 is 11.3 Å². The van der Waals surface area contributed by atoms with E-state index >= 15 is 0 Å². The number of amides is 1. The molecule has 1 aliphatic heterocycles. The number of rotatable bonds is 6. The second-order valence-corrected chi connectivity index (χ2v) is 9.73. The summed E-state index contributed by atoms with van der Waals surface area (Å²) in [4.78, 5) is 34.5. The molecule has 1 aliphatic rings. The highest BCUT2D eigenvalue weighted by Gasteiger charge is 2.48. The molecule has 1 amide bonds. The second-order valence-electron chi connectivity index (χ2n) is 8.72. The van der Waals surface area contributed by atoms with Crippen LogP contribution in [0.1, 0.15) is 24.1 Å². The highest BCUT2D eigenvalue weighted by molar-refractivity contribution is 7.22. The SMILES string of the molecule is CCOc1ccc(C(O)=C2C(=O)C(=O)N(c3nc4ccc(F)cc4s3)C2c2ccc(N(C)C)cc2)cc1. The number of Topliss-reactive ketones (excluding diaryl/α,β-unsaturated/α-hetero) is 1. The van der Waals surface area contributed by atoms with Gasteiger partial charge in [-0.2, -0.15) is 0 Å². The van der Waals surface area contributed by atoms with Crippen LogP contribution in [0.4, 0.5) is 15.2 Å². The Morgan fingerprint density at radius 2 is 1.78 bits per heavy atom. The zero-order valence-electron chi connectivity index (χ0n) is 20.4. The topological polar surface area (TPSA) is 83.0 Å². The molecule has 0 aliphatic carbocycles. The Bertz CT molecular complexity index is 1530. The van der Waals surface area contributed by atoms with E-state index in [4.69, 9.17) is 4.74 Å². The molecule has 188 valence electrons. The van der Waals surface area contributed by atoms with E-state index in [1.807, 2.05) is 50.2 Å². The van der Waals surface area contributed by atoms with Crippen LogP contribution in [0.2, 0.25) is 0 Å². The first-order valence-corrected chi connectivity index (χ1v) is 12.5. The molecule has 1 N–H and O–H groups in total. The highest BCUT2D eigenvalue weighted by atomic mass is 32.1. The number of hydrogen-bond donors (Lipinski definition) is 1. The van der Waals surface area contributed by atoms with Gasteiger partial charge in [-0.1, -0.05) is 23.5 Å². The fraction of sp³-hybridized carbons (Fsp3) is 0.179. The third-order valence-corrected chi connectivity index (χ3v) is 7.17. The third-order valence-electron chi connectivity index (χ3n) is 6.15. The average Bonchev–Trinajstić information content (AvgIpc) is 3.42. The summed E-state index contributed by atoms with van der Waals surface area (Å²) in [5.41, 5.74) is 2.40. The smallest absolute Gasteiger partial charge is 0.301 e. The van der Waals surface area contributed by atoms with Crippen LogP contribution in [0.25, 0.3) is 16.0 Å². The lowest BCUT2D eigenvalue weighted by molar-refractivity contribution is -0.132. The molecule has 7 nitrogen and oxygen atoms in total. The summed E-state index contributed by atoms with van der Waals surface area (Å²) in [5, 5.41) is 11.6. The van der Waals surface area contributed by atoms with E-state index in [0.29, 0.717) is 33.7 Å². The molecule has 0 bridgehead atoms. The zero-order chi connectivity index (χ0) is 26.3. The molecule has 1 saturated heterocycles. The standard InChI is InChI=1S/C28H24FN3O4S/c1-4-36-20-12-7-17(8-13-20)25(33)23-24(16-5-10-19(11-6-16)31(2)3)32(27(35)26(23)34)28-30-21-14-9-18(29)15-22(21)37-28/h5-15,24,33H,4H2,1-3H3. The predicted octanol–water partition coefficient (Wildman–Crippen LogP) is 5.53. The Balaban J connectivity index is 1.68. The molecule has 5 rings (SSSR count). The van der Waals surface area contributed by atoms with E-state index in [1.165, 1.54) is 23.1 Å². The van der Waals surface area contributed by atoms with E-state index in [1.54, 1.807) is 24.3 Å². The summed E-state index contributed by atoms with van der Waals surface area (Å²) in [5.74, 6) is -1.72. The number of carbonyl (C=O) groups excluding carboxylic acids is 2. The maximum atomic E-state index is 13.8. The molecular weight excluding hydrogens is 493 g/mol. The number of ether oxygens (including phenoxy) is 1. The molecule has 1 unspecified atom stereocenters. The molecule has 0 radical (unpaired) electrons. The van der Waals surface area contributed by atoms with Crippen LogP contribution in [0, 0.1) is 5.82 Å². The Kier molecular flexibility index (Phi) is 6.39. The molecule has 4 aromatic rings. The van der Waals surface area contributed by atoms with Crippen molar-refractivity contribution in [2.75, 3.05) is 30.5 Å². The van der Waals surface area contributed by atoms with Crippen LogP contribution < -0.4 is 14.5 Å². The molecule has 9 heteroatoms. The Morgan fingerprint density at radius 3 is 2.43 bits per heavy atom. The van der Waals surface area contributed by atoms with Gasteiger partial charge in [0.1, 0.15) is 17.3 Å². The summed E-state index contributed by atoms with van der Waals surface area (Å²) >= 11 is 1.11. The molecule has 0 spiro atoms. The number of nitrogens with zero attached hydrogens (tertiary/aromatic N) is 3. The number of fused-ring (bicyclic) bond motifs is 1. The van der Waals surface area contributed by atoms with Crippen molar-refractivity contribution in [1.82, 2.24) is 4.98 Å². The minimum Gasteiger partial charge on any atom is -0.507 e. The van der Waals surface area contributed by atoms with Gasteiger partial charge in [-0.25, -0.2) is 9.37 Å². The van der Waals surface area contributed by atoms with E-state index < -0.39 is 23.5 Å². The van der Waals surface area contributed by atoms with Gasteiger partial charge in [0.2, 0.25) is 0 Å². The largest absolute Gasteiger partial charge is 0.507 e. The first-order chi connectivity index (χ1) is 17.8. The molecule has 3 aromatic carbocycles. The van der Waals surface area contributed by atoms with Crippen LogP contribution in [-0.2, 0) is 9.59 Å².